The van der Waals surface area contributed by atoms with Crippen LogP contribution in [0.2, 0.25) is 0 Å². The number of rotatable bonds is 5. The number of carbonyl (C=O) groups is 2. The van der Waals surface area contributed by atoms with Gasteiger partial charge in [0.05, 0.1) is 18.9 Å². The summed E-state index contributed by atoms with van der Waals surface area (Å²) < 4.78 is 20.6. The van der Waals surface area contributed by atoms with Crippen LogP contribution >= 0.6 is 15.9 Å². The number of carbonyl (C=O) groups excluding carboxylic acids is 2. The monoisotopic (exact) mass is 461 g/mol. The Morgan fingerprint density at radius 1 is 1.03 bits per heavy atom. The second-order valence-electron chi connectivity index (χ2n) is 7.24. The van der Waals surface area contributed by atoms with Gasteiger partial charge in [0.15, 0.2) is 0 Å². The molecule has 2 aromatic carbocycles. The molecule has 4 rings (SSSR count). The number of ether oxygens (including phenoxy) is 1. The first-order valence-corrected chi connectivity index (χ1v) is 10.3. The molecule has 2 amide bonds. The van der Waals surface area contributed by atoms with E-state index < -0.39 is 11.4 Å². The van der Waals surface area contributed by atoms with Gasteiger partial charge in [-0.1, -0.05) is 15.9 Å². The van der Waals surface area contributed by atoms with Gasteiger partial charge in [0.25, 0.3) is 5.91 Å². The highest BCUT2D eigenvalue weighted by molar-refractivity contribution is 9.10. The molecular formula is C21H21BrFN3O3. The molecule has 2 fully saturated rings. The predicted octanol–water partition coefficient (Wildman–Crippen LogP) is 3.64. The predicted molar refractivity (Wildman–Crippen MR) is 111 cm³/mol. The van der Waals surface area contributed by atoms with Gasteiger partial charge in [-0.2, -0.15) is 0 Å². The molecule has 8 heteroatoms. The van der Waals surface area contributed by atoms with Crippen molar-refractivity contribution >= 4 is 39.1 Å². The summed E-state index contributed by atoms with van der Waals surface area (Å²) in [5, 5.41) is 5.46. The van der Waals surface area contributed by atoms with Crippen molar-refractivity contribution in [2.24, 2.45) is 0 Å². The molecule has 1 aliphatic carbocycles. The van der Waals surface area contributed by atoms with Gasteiger partial charge in [-0.25, -0.2) is 4.39 Å². The van der Waals surface area contributed by atoms with E-state index in [1.165, 1.54) is 18.2 Å². The fourth-order valence-electron chi connectivity index (χ4n) is 3.53. The maximum absolute atomic E-state index is 14.3. The number of nitrogens with one attached hydrogen (secondary N) is 2. The van der Waals surface area contributed by atoms with Crippen molar-refractivity contribution < 1.29 is 18.7 Å². The number of hydrogen-bond acceptors (Lipinski definition) is 4. The van der Waals surface area contributed by atoms with E-state index in [9.17, 15) is 14.0 Å². The van der Waals surface area contributed by atoms with Crippen LogP contribution in [-0.4, -0.2) is 48.6 Å². The van der Waals surface area contributed by atoms with Gasteiger partial charge < -0.3 is 15.4 Å². The minimum absolute atomic E-state index is 0.0120. The molecule has 0 spiro atoms. The Morgan fingerprint density at radius 2 is 1.72 bits per heavy atom. The number of halogens is 2. The molecule has 0 atom stereocenters. The summed E-state index contributed by atoms with van der Waals surface area (Å²) >= 11 is 3.34. The molecular weight excluding hydrogens is 441 g/mol. The van der Waals surface area contributed by atoms with E-state index in [1.54, 1.807) is 12.1 Å². The third-order valence-electron chi connectivity index (χ3n) is 5.34. The smallest absolute Gasteiger partial charge is 0.255 e. The Kier molecular flexibility index (Phi) is 5.67. The zero-order valence-corrected chi connectivity index (χ0v) is 17.3. The van der Waals surface area contributed by atoms with Gasteiger partial charge in [-0.05, 0) is 55.3 Å². The molecule has 0 bridgehead atoms. The standard InChI is InChI=1S/C21H21BrFN3O3/c22-15-2-4-16(5-3-15)24-19(27)14-1-6-17(23)18(13-14)25-20(28)21(7-8-21)26-9-11-29-12-10-26/h1-6,13H,7-12H2,(H,24,27)(H,25,28). The number of anilines is 2. The number of nitrogens with zero attached hydrogens (tertiary/aromatic N) is 1. The molecule has 2 aromatic rings. The van der Waals surface area contributed by atoms with Crippen LogP contribution in [-0.2, 0) is 9.53 Å². The Bertz CT molecular complexity index is 925. The van der Waals surface area contributed by atoms with Crippen molar-refractivity contribution in [3.8, 4) is 0 Å². The van der Waals surface area contributed by atoms with Gasteiger partial charge in [0, 0.05) is 28.8 Å². The van der Waals surface area contributed by atoms with Gasteiger partial charge in [-0.3, -0.25) is 14.5 Å². The molecule has 0 aromatic heterocycles. The molecule has 2 aliphatic rings. The van der Waals surface area contributed by atoms with E-state index in [0.717, 1.165) is 17.3 Å². The van der Waals surface area contributed by atoms with Gasteiger partial charge >= 0.3 is 0 Å². The zero-order valence-electron chi connectivity index (χ0n) is 15.7. The summed E-state index contributed by atoms with van der Waals surface area (Å²) in [6, 6.07) is 11.1. The summed E-state index contributed by atoms with van der Waals surface area (Å²) in [4.78, 5) is 27.5. The highest BCUT2D eigenvalue weighted by Gasteiger charge is 2.54. The van der Waals surface area contributed by atoms with Crippen molar-refractivity contribution in [3.63, 3.8) is 0 Å². The molecule has 1 aliphatic heterocycles. The lowest BCUT2D eigenvalue weighted by molar-refractivity contribution is -0.124. The van der Waals surface area contributed by atoms with Crippen LogP contribution in [0.1, 0.15) is 23.2 Å². The van der Waals surface area contributed by atoms with Crippen LogP contribution in [0.15, 0.2) is 46.9 Å². The number of hydrogen-bond donors (Lipinski definition) is 2. The van der Waals surface area contributed by atoms with Gasteiger partial charge in [0.1, 0.15) is 11.4 Å². The maximum atomic E-state index is 14.3. The first-order chi connectivity index (χ1) is 14.0. The molecule has 1 heterocycles. The summed E-state index contributed by atoms with van der Waals surface area (Å²) in [6.07, 6.45) is 1.48. The van der Waals surface area contributed by atoms with E-state index >= 15 is 0 Å². The van der Waals surface area contributed by atoms with Crippen LogP contribution in [0.4, 0.5) is 15.8 Å². The van der Waals surface area contributed by atoms with Crippen molar-refractivity contribution in [1.29, 1.82) is 0 Å². The third-order valence-corrected chi connectivity index (χ3v) is 5.87. The molecule has 0 unspecified atom stereocenters. The second-order valence-corrected chi connectivity index (χ2v) is 8.16. The van der Waals surface area contributed by atoms with Crippen molar-refractivity contribution in [1.82, 2.24) is 4.90 Å². The Hall–Kier alpha value is -2.29. The minimum Gasteiger partial charge on any atom is -0.379 e. The van der Waals surface area contributed by atoms with Crippen LogP contribution in [0.5, 0.6) is 0 Å². The molecule has 1 saturated carbocycles. The fourth-order valence-corrected chi connectivity index (χ4v) is 3.80. The Labute approximate surface area is 176 Å². The highest BCUT2D eigenvalue weighted by atomic mass is 79.9. The van der Waals surface area contributed by atoms with Crippen molar-refractivity contribution in [2.45, 2.75) is 18.4 Å². The fraction of sp³-hybridized carbons (Fsp3) is 0.333. The highest BCUT2D eigenvalue weighted by Crippen LogP contribution is 2.43. The molecule has 6 nitrogen and oxygen atoms in total. The topological polar surface area (TPSA) is 70.7 Å². The summed E-state index contributed by atoms with van der Waals surface area (Å²) in [5.41, 5.74) is 0.308. The summed E-state index contributed by atoms with van der Waals surface area (Å²) in [7, 11) is 0. The molecule has 29 heavy (non-hydrogen) atoms. The lowest BCUT2D eigenvalue weighted by Crippen LogP contribution is -2.51. The SMILES string of the molecule is O=C(Nc1ccc(Br)cc1)c1ccc(F)c(NC(=O)C2(N3CCOCC3)CC2)c1. The first kappa shape index (κ1) is 20.0. The molecule has 0 radical (unpaired) electrons. The normalized spacial score (nSPS) is 18.1. The lowest BCUT2D eigenvalue weighted by Gasteiger charge is -2.33. The van der Waals surface area contributed by atoms with E-state index in [1.807, 2.05) is 12.1 Å². The second kappa shape index (κ2) is 8.22. The largest absolute Gasteiger partial charge is 0.379 e. The molecule has 1 saturated heterocycles. The zero-order chi connectivity index (χ0) is 20.4. The van der Waals surface area contributed by atoms with Crippen molar-refractivity contribution in [3.05, 3.63) is 58.3 Å². The molecule has 2 N–H and O–H groups in total. The lowest BCUT2D eigenvalue weighted by atomic mass is 10.1. The Morgan fingerprint density at radius 3 is 2.38 bits per heavy atom. The summed E-state index contributed by atoms with van der Waals surface area (Å²) in [5.74, 6) is -1.18. The maximum Gasteiger partial charge on any atom is 0.255 e. The number of amides is 2. The average molecular weight is 462 g/mol. The summed E-state index contributed by atoms with van der Waals surface area (Å²) in [6.45, 7) is 2.56. The van der Waals surface area contributed by atoms with Crippen LogP contribution in [0, 0.1) is 5.82 Å². The van der Waals surface area contributed by atoms with E-state index in [2.05, 4.69) is 31.5 Å². The minimum atomic E-state index is -0.591. The Balaban J connectivity index is 1.47. The van der Waals surface area contributed by atoms with Gasteiger partial charge in [0.2, 0.25) is 5.91 Å². The number of morpholine rings is 1. The van der Waals surface area contributed by atoms with Crippen molar-refractivity contribution in [2.75, 3.05) is 36.9 Å². The van der Waals surface area contributed by atoms with E-state index in [0.29, 0.717) is 32.0 Å². The van der Waals surface area contributed by atoms with Crippen LogP contribution in [0.25, 0.3) is 0 Å². The van der Waals surface area contributed by atoms with Gasteiger partial charge in [-0.15, -0.1) is 0 Å². The third kappa shape index (κ3) is 4.34. The average Bonchev–Trinajstić information content (AvgIpc) is 3.54. The quantitative estimate of drug-likeness (QED) is 0.712. The number of benzene rings is 2. The van der Waals surface area contributed by atoms with Crippen LogP contribution < -0.4 is 10.6 Å². The molecule has 152 valence electrons. The van der Waals surface area contributed by atoms with E-state index in [4.69, 9.17) is 4.74 Å². The van der Waals surface area contributed by atoms with Crippen LogP contribution in [0.3, 0.4) is 0 Å². The van der Waals surface area contributed by atoms with E-state index in [-0.39, 0.29) is 23.1 Å². The first-order valence-electron chi connectivity index (χ1n) is 9.49.